The molecule has 1 heterocycles. The third-order valence-electron chi connectivity index (χ3n) is 5.17. The van der Waals surface area contributed by atoms with Crippen LogP contribution < -0.4 is 0 Å². The van der Waals surface area contributed by atoms with E-state index in [1.54, 1.807) is 0 Å². The van der Waals surface area contributed by atoms with Crippen LogP contribution in [0.4, 0.5) is 0 Å². The molecule has 0 unspecified atom stereocenters. The lowest BCUT2D eigenvalue weighted by Crippen LogP contribution is -2.50. The van der Waals surface area contributed by atoms with Crippen LogP contribution in [-0.4, -0.2) is 19.5 Å². The van der Waals surface area contributed by atoms with E-state index in [1.165, 1.54) is 31.3 Å². The van der Waals surface area contributed by atoms with E-state index in [-0.39, 0.29) is 11.7 Å². The van der Waals surface area contributed by atoms with Gasteiger partial charge in [0.25, 0.3) is 0 Å². The fourth-order valence-electron chi connectivity index (χ4n) is 3.66. The Balaban J connectivity index is 1.91. The van der Waals surface area contributed by atoms with Gasteiger partial charge in [0.15, 0.2) is 6.29 Å². The molecule has 0 aromatic heterocycles. The number of allylic oxidation sites excluding steroid dienone is 2. The molecular weight excluding hydrogens is 236 g/mol. The van der Waals surface area contributed by atoms with E-state index in [0.29, 0.717) is 11.8 Å². The number of ether oxygens (including phenoxy) is 2. The Morgan fingerprint density at radius 3 is 2.47 bits per heavy atom. The largest absolute Gasteiger partial charge is 0.352 e. The van der Waals surface area contributed by atoms with Crippen LogP contribution in [0.2, 0.25) is 0 Å². The molecule has 0 amide bonds. The summed E-state index contributed by atoms with van der Waals surface area (Å²) in [5, 5.41) is 0. The minimum Gasteiger partial charge on any atom is -0.352 e. The normalized spacial score (nSPS) is 39.4. The van der Waals surface area contributed by atoms with Gasteiger partial charge in [-0.1, -0.05) is 45.3 Å². The Labute approximate surface area is 118 Å². The zero-order valence-corrected chi connectivity index (χ0v) is 13.1. The highest BCUT2D eigenvalue weighted by atomic mass is 16.7. The molecule has 1 spiro atoms. The van der Waals surface area contributed by atoms with Gasteiger partial charge in [-0.05, 0) is 38.0 Å². The molecule has 2 rings (SSSR count). The van der Waals surface area contributed by atoms with Crippen LogP contribution in [0, 0.1) is 17.3 Å². The Morgan fingerprint density at radius 1 is 1.21 bits per heavy atom. The van der Waals surface area contributed by atoms with Gasteiger partial charge >= 0.3 is 0 Å². The lowest BCUT2D eigenvalue weighted by Gasteiger charge is -2.49. The predicted molar refractivity (Wildman–Crippen MR) is 79.0 cm³/mol. The monoisotopic (exact) mass is 266 g/mol. The maximum absolute atomic E-state index is 6.04. The third-order valence-corrected chi connectivity index (χ3v) is 5.17. The highest BCUT2D eigenvalue weighted by molar-refractivity contribution is 5.13. The van der Waals surface area contributed by atoms with Gasteiger partial charge in [-0.15, -0.1) is 0 Å². The van der Waals surface area contributed by atoms with Crippen molar-refractivity contribution in [2.24, 2.45) is 17.3 Å². The first-order valence-corrected chi connectivity index (χ1v) is 7.99. The number of hydrogen-bond acceptors (Lipinski definition) is 2. The van der Waals surface area contributed by atoms with Crippen LogP contribution in [0.5, 0.6) is 0 Å². The Bertz CT molecular complexity index is 313. The molecule has 0 radical (unpaired) electrons. The maximum atomic E-state index is 6.04. The molecular formula is C17H30O2. The van der Waals surface area contributed by atoms with E-state index in [9.17, 15) is 0 Å². The van der Waals surface area contributed by atoms with Gasteiger partial charge in [0.1, 0.15) is 0 Å². The van der Waals surface area contributed by atoms with Crippen molar-refractivity contribution in [2.75, 3.05) is 13.2 Å². The maximum Gasteiger partial charge on any atom is 0.157 e. The fraction of sp³-hybridized carbons (Fsp3) is 0.882. The van der Waals surface area contributed by atoms with Gasteiger partial charge in [0, 0.05) is 5.41 Å². The van der Waals surface area contributed by atoms with Crippen LogP contribution in [0.3, 0.4) is 0 Å². The molecule has 1 saturated heterocycles. The summed E-state index contributed by atoms with van der Waals surface area (Å²) in [4.78, 5) is 0. The Morgan fingerprint density at radius 2 is 1.89 bits per heavy atom. The predicted octanol–water partition coefficient (Wildman–Crippen LogP) is 4.55. The van der Waals surface area contributed by atoms with Crippen molar-refractivity contribution in [2.45, 2.75) is 66.1 Å². The summed E-state index contributed by atoms with van der Waals surface area (Å²) in [6, 6.07) is 0. The summed E-state index contributed by atoms with van der Waals surface area (Å²) in [5.41, 5.74) is 1.73. The minimum atomic E-state index is 0.0450. The molecule has 2 atom stereocenters. The summed E-state index contributed by atoms with van der Waals surface area (Å²) in [6.07, 6.45) is 8.47. The van der Waals surface area contributed by atoms with Gasteiger partial charge in [0.2, 0.25) is 0 Å². The molecule has 0 aromatic carbocycles. The van der Waals surface area contributed by atoms with Crippen molar-refractivity contribution in [3.63, 3.8) is 0 Å². The lowest BCUT2D eigenvalue weighted by molar-refractivity contribution is -0.252. The average molecular weight is 266 g/mol. The van der Waals surface area contributed by atoms with Crippen LogP contribution in [0.1, 0.15) is 59.8 Å². The molecule has 0 saturated carbocycles. The first-order chi connectivity index (χ1) is 9.08. The van der Waals surface area contributed by atoms with E-state index >= 15 is 0 Å². The van der Waals surface area contributed by atoms with E-state index in [4.69, 9.17) is 9.47 Å². The second-order valence-electron chi connectivity index (χ2n) is 6.69. The van der Waals surface area contributed by atoms with Crippen molar-refractivity contribution in [3.8, 4) is 0 Å². The molecule has 19 heavy (non-hydrogen) atoms. The van der Waals surface area contributed by atoms with Crippen molar-refractivity contribution in [1.82, 2.24) is 0 Å². The molecule has 1 aliphatic carbocycles. The second kappa shape index (κ2) is 6.41. The zero-order valence-electron chi connectivity index (χ0n) is 13.1. The van der Waals surface area contributed by atoms with Crippen molar-refractivity contribution in [3.05, 3.63) is 11.6 Å². The number of rotatable bonds is 4. The summed E-state index contributed by atoms with van der Waals surface area (Å²) in [5.74, 6) is 1.22. The second-order valence-corrected chi connectivity index (χ2v) is 6.69. The smallest absolute Gasteiger partial charge is 0.157 e. The molecule has 0 N–H and O–H groups in total. The first-order valence-electron chi connectivity index (χ1n) is 7.99. The summed E-state index contributed by atoms with van der Waals surface area (Å²) >= 11 is 0. The fourth-order valence-corrected chi connectivity index (χ4v) is 3.66. The van der Waals surface area contributed by atoms with Gasteiger partial charge in [0.05, 0.1) is 13.2 Å². The minimum absolute atomic E-state index is 0.0450. The highest BCUT2D eigenvalue weighted by Crippen LogP contribution is 2.47. The van der Waals surface area contributed by atoms with Crippen LogP contribution >= 0.6 is 0 Å². The average Bonchev–Trinajstić information content (AvgIpc) is 2.38. The summed E-state index contributed by atoms with van der Waals surface area (Å²) in [6.45, 7) is 10.9. The molecule has 2 nitrogen and oxygen atoms in total. The van der Waals surface area contributed by atoms with Crippen molar-refractivity contribution in [1.29, 1.82) is 0 Å². The van der Waals surface area contributed by atoms with Gasteiger partial charge in [-0.2, -0.15) is 0 Å². The molecule has 2 heteroatoms. The van der Waals surface area contributed by atoms with E-state index in [0.717, 1.165) is 19.6 Å². The third kappa shape index (κ3) is 3.22. The SMILES string of the molecule is CCCCCC1OCC2(CO1)[C@H](C)C=C(C)C[C@H]2C. The topological polar surface area (TPSA) is 18.5 Å². The molecule has 2 aliphatic rings. The standard InChI is InChI=1S/C17H30O2/c1-5-6-7-8-16-18-11-17(12-19-16)14(3)9-13(2)10-15(17)4/h9,14-16H,5-8,10-12H2,1-4H3/t14-,15-,16?,17?/m1/s1. The van der Waals surface area contributed by atoms with E-state index < -0.39 is 0 Å². The summed E-state index contributed by atoms with van der Waals surface area (Å²) in [7, 11) is 0. The first kappa shape index (κ1) is 15.1. The van der Waals surface area contributed by atoms with Gasteiger partial charge < -0.3 is 9.47 Å². The number of unbranched alkanes of at least 4 members (excludes halogenated alkanes) is 2. The van der Waals surface area contributed by atoms with Gasteiger partial charge in [-0.3, -0.25) is 0 Å². The number of hydrogen-bond donors (Lipinski definition) is 0. The Kier molecular flexibility index (Phi) is 5.08. The summed E-state index contributed by atoms with van der Waals surface area (Å²) < 4.78 is 12.1. The highest BCUT2D eigenvalue weighted by Gasteiger charge is 2.46. The van der Waals surface area contributed by atoms with E-state index in [1.807, 2.05) is 0 Å². The zero-order chi connectivity index (χ0) is 13.9. The van der Waals surface area contributed by atoms with Crippen LogP contribution in [0.25, 0.3) is 0 Å². The van der Waals surface area contributed by atoms with Crippen molar-refractivity contribution < 1.29 is 9.47 Å². The van der Waals surface area contributed by atoms with Crippen LogP contribution in [-0.2, 0) is 9.47 Å². The van der Waals surface area contributed by atoms with Crippen LogP contribution in [0.15, 0.2) is 11.6 Å². The molecule has 1 fully saturated rings. The molecule has 0 bridgehead atoms. The quantitative estimate of drug-likeness (QED) is 0.549. The lowest BCUT2D eigenvalue weighted by atomic mass is 9.63. The van der Waals surface area contributed by atoms with Crippen molar-refractivity contribution >= 4 is 0 Å². The molecule has 110 valence electrons. The Hall–Kier alpha value is -0.340. The molecule has 0 aromatic rings. The molecule has 1 aliphatic heterocycles. The van der Waals surface area contributed by atoms with Gasteiger partial charge in [-0.25, -0.2) is 0 Å². The van der Waals surface area contributed by atoms with E-state index in [2.05, 4.69) is 33.8 Å².